The average Bonchev–Trinajstić information content (AvgIpc) is 2.95. The van der Waals surface area contributed by atoms with Crippen molar-refractivity contribution in [1.29, 1.82) is 0 Å². The molecule has 2 nitrogen and oxygen atoms in total. The minimum absolute atomic E-state index is 0.645. The Hall–Kier alpha value is -0.570. The third kappa shape index (κ3) is 3.31. The molecule has 2 saturated heterocycles. The van der Waals surface area contributed by atoms with E-state index >= 15 is 0 Å². The van der Waals surface area contributed by atoms with Gasteiger partial charge in [0.1, 0.15) is 0 Å². The van der Waals surface area contributed by atoms with E-state index in [1.165, 1.54) is 49.9 Å². The molecule has 3 heteroatoms. The van der Waals surface area contributed by atoms with Gasteiger partial charge in [0.05, 0.1) is 0 Å². The molecule has 104 valence electrons. The van der Waals surface area contributed by atoms with E-state index in [2.05, 4.69) is 28.4 Å². The van der Waals surface area contributed by atoms with Gasteiger partial charge in [0.25, 0.3) is 0 Å². The maximum atomic E-state index is 6.48. The van der Waals surface area contributed by atoms with Crippen LogP contribution in [0.15, 0.2) is 18.2 Å². The number of halogens is 1. The first kappa shape index (κ1) is 13.4. The summed E-state index contributed by atoms with van der Waals surface area (Å²) >= 11 is 6.48. The normalized spacial score (nSPS) is 24.8. The molecule has 0 aliphatic carbocycles. The Morgan fingerprint density at radius 1 is 1.21 bits per heavy atom. The summed E-state index contributed by atoms with van der Waals surface area (Å²) in [5, 5.41) is 4.43. The molecule has 2 aliphatic rings. The van der Waals surface area contributed by atoms with Gasteiger partial charge in [-0.2, -0.15) is 0 Å². The summed E-state index contributed by atoms with van der Waals surface area (Å²) in [6.07, 6.45) is 5.24. The number of nitrogens with one attached hydrogen (secondary N) is 1. The molecule has 1 aromatic rings. The van der Waals surface area contributed by atoms with Gasteiger partial charge in [-0.3, -0.25) is 4.90 Å². The molecular weight excluding hydrogens is 256 g/mol. The Morgan fingerprint density at radius 2 is 2.05 bits per heavy atom. The number of piperidine rings is 1. The molecular formula is C16H23ClN2. The van der Waals surface area contributed by atoms with Crippen molar-refractivity contribution in [2.75, 3.05) is 26.2 Å². The van der Waals surface area contributed by atoms with E-state index in [9.17, 15) is 0 Å². The van der Waals surface area contributed by atoms with Crippen LogP contribution in [0.1, 0.15) is 42.7 Å². The van der Waals surface area contributed by atoms with Crippen LogP contribution in [0, 0.1) is 0 Å². The van der Waals surface area contributed by atoms with E-state index in [4.69, 9.17) is 11.6 Å². The Morgan fingerprint density at radius 3 is 2.74 bits per heavy atom. The second kappa shape index (κ2) is 6.25. The molecule has 0 spiro atoms. The highest BCUT2D eigenvalue weighted by Crippen LogP contribution is 2.28. The monoisotopic (exact) mass is 278 g/mol. The molecule has 2 fully saturated rings. The predicted molar refractivity (Wildman–Crippen MR) is 80.8 cm³/mol. The van der Waals surface area contributed by atoms with Crippen LogP contribution in [0.4, 0.5) is 0 Å². The maximum absolute atomic E-state index is 6.48. The highest BCUT2D eigenvalue weighted by molar-refractivity contribution is 6.31. The zero-order chi connectivity index (χ0) is 13.1. The van der Waals surface area contributed by atoms with Crippen LogP contribution in [0.25, 0.3) is 0 Å². The molecule has 0 bridgehead atoms. The molecule has 1 aromatic carbocycles. The fourth-order valence-corrected chi connectivity index (χ4v) is 3.51. The number of hydrogen-bond donors (Lipinski definition) is 1. The minimum atomic E-state index is 0.645. The van der Waals surface area contributed by atoms with Crippen molar-refractivity contribution in [2.45, 2.75) is 38.1 Å². The number of likely N-dealkylation sites (tertiary alicyclic amines) is 1. The first-order valence-electron chi connectivity index (χ1n) is 7.54. The highest BCUT2D eigenvalue weighted by atomic mass is 35.5. The first-order valence-corrected chi connectivity index (χ1v) is 7.92. The van der Waals surface area contributed by atoms with Gasteiger partial charge in [-0.05, 0) is 68.4 Å². The van der Waals surface area contributed by atoms with Crippen LogP contribution in [0.5, 0.6) is 0 Å². The Labute approximate surface area is 121 Å². The SMILES string of the molecule is Clc1cc(C2CCCNC2)ccc1CN1CCCC1. The van der Waals surface area contributed by atoms with Crippen LogP contribution >= 0.6 is 11.6 Å². The molecule has 0 radical (unpaired) electrons. The summed E-state index contributed by atoms with van der Waals surface area (Å²) in [5.74, 6) is 0.645. The molecule has 0 saturated carbocycles. The van der Waals surface area contributed by atoms with Gasteiger partial charge in [0.15, 0.2) is 0 Å². The van der Waals surface area contributed by atoms with E-state index in [0.29, 0.717) is 5.92 Å². The lowest BCUT2D eigenvalue weighted by Crippen LogP contribution is -2.28. The van der Waals surface area contributed by atoms with E-state index in [1.54, 1.807) is 0 Å². The average molecular weight is 279 g/mol. The summed E-state index contributed by atoms with van der Waals surface area (Å²) in [7, 11) is 0. The van der Waals surface area contributed by atoms with E-state index in [0.717, 1.165) is 24.7 Å². The molecule has 2 aliphatic heterocycles. The lowest BCUT2D eigenvalue weighted by atomic mass is 9.91. The van der Waals surface area contributed by atoms with Crippen molar-refractivity contribution in [1.82, 2.24) is 10.2 Å². The number of rotatable bonds is 3. The second-order valence-electron chi connectivity index (χ2n) is 5.88. The zero-order valence-corrected chi connectivity index (χ0v) is 12.3. The lowest BCUT2D eigenvalue weighted by molar-refractivity contribution is 0.331. The van der Waals surface area contributed by atoms with Crippen LogP contribution in [0.3, 0.4) is 0 Å². The van der Waals surface area contributed by atoms with E-state index in [-0.39, 0.29) is 0 Å². The molecule has 1 unspecified atom stereocenters. The van der Waals surface area contributed by atoms with Crippen molar-refractivity contribution in [3.8, 4) is 0 Å². The Kier molecular flexibility index (Phi) is 4.42. The fourth-order valence-electron chi connectivity index (χ4n) is 3.26. The van der Waals surface area contributed by atoms with Crippen LogP contribution in [-0.2, 0) is 6.54 Å². The van der Waals surface area contributed by atoms with Crippen LogP contribution in [0.2, 0.25) is 5.02 Å². The van der Waals surface area contributed by atoms with Gasteiger partial charge >= 0.3 is 0 Å². The fraction of sp³-hybridized carbons (Fsp3) is 0.625. The summed E-state index contributed by atoms with van der Waals surface area (Å²) in [5.41, 5.74) is 2.69. The number of benzene rings is 1. The van der Waals surface area contributed by atoms with Crippen LogP contribution in [-0.4, -0.2) is 31.1 Å². The van der Waals surface area contributed by atoms with Crippen molar-refractivity contribution >= 4 is 11.6 Å². The van der Waals surface area contributed by atoms with E-state index in [1.807, 2.05) is 0 Å². The summed E-state index contributed by atoms with van der Waals surface area (Å²) in [6, 6.07) is 6.73. The summed E-state index contributed by atoms with van der Waals surface area (Å²) < 4.78 is 0. The van der Waals surface area contributed by atoms with Gasteiger partial charge < -0.3 is 5.32 Å². The molecule has 19 heavy (non-hydrogen) atoms. The van der Waals surface area contributed by atoms with Gasteiger partial charge in [-0.25, -0.2) is 0 Å². The molecule has 0 amide bonds. The van der Waals surface area contributed by atoms with Crippen molar-refractivity contribution < 1.29 is 0 Å². The standard InChI is InChI=1S/C16H23ClN2/c17-16-10-13(14-4-3-7-18-11-14)5-6-15(16)12-19-8-1-2-9-19/h5-6,10,14,18H,1-4,7-9,11-12H2. The topological polar surface area (TPSA) is 15.3 Å². The largest absolute Gasteiger partial charge is 0.316 e. The van der Waals surface area contributed by atoms with Crippen LogP contribution < -0.4 is 5.32 Å². The van der Waals surface area contributed by atoms with Gasteiger partial charge in [0.2, 0.25) is 0 Å². The van der Waals surface area contributed by atoms with Gasteiger partial charge in [-0.1, -0.05) is 23.7 Å². The van der Waals surface area contributed by atoms with Crippen molar-refractivity contribution in [3.63, 3.8) is 0 Å². The third-order valence-corrected chi connectivity index (χ3v) is 4.79. The quantitative estimate of drug-likeness (QED) is 0.912. The van der Waals surface area contributed by atoms with E-state index < -0.39 is 0 Å². The third-order valence-electron chi connectivity index (χ3n) is 4.44. The lowest BCUT2D eigenvalue weighted by Gasteiger charge is -2.24. The molecule has 2 heterocycles. The van der Waals surface area contributed by atoms with Crippen molar-refractivity contribution in [2.24, 2.45) is 0 Å². The minimum Gasteiger partial charge on any atom is -0.316 e. The summed E-state index contributed by atoms with van der Waals surface area (Å²) in [6.45, 7) is 5.73. The van der Waals surface area contributed by atoms with Crippen molar-refractivity contribution in [3.05, 3.63) is 34.3 Å². The number of hydrogen-bond acceptors (Lipinski definition) is 2. The molecule has 1 N–H and O–H groups in total. The smallest absolute Gasteiger partial charge is 0.0453 e. The first-order chi connectivity index (χ1) is 9.33. The number of nitrogens with zero attached hydrogens (tertiary/aromatic N) is 1. The van der Waals surface area contributed by atoms with Gasteiger partial charge in [0, 0.05) is 18.1 Å². The predicted octanol–water partition coefficient (Wildman–Crippen LogP) is 3.40. The zero-order valence-electron chi connectivity index (χ0n) is 11.5. The Balaban J connectivity index is 1.69. The van der Waals surface area contributed by atoms with Gasteiger partial charge in [-0.15, -0.1) is 0 Å². The molecule has 3 rings (SSSR count). The maximum Gasteiger partial charge on any atom is 0.0453 e. The molecule has 0 aromatic heterocycles. The molecule has 1 atom stereocenters. The second-order valence-corrected chi connectivity index (χ2v) is 6.28. The Bertz CT molecular complexity index is 421. The summed E-state index contributed by atoms with van der Waals surface area (Å²) in [4.78, 5) is 2.50. The highest BCUT2D eigenvalue weighted by Gasteiger charge is 2.17.